The number of thiophene rings is 1. The van der Waals surface area contributed by atoms with E-state index in [2.05, 4.69) is 26.2 Å². The summed E-state index contributed by atoms with van der Waals surface area (Å²) in [6.45, 7) is 1.19. The highest BCUT2D eigenvalue weighted by molar-refractivity contribution is 9.11. The Labute approximate surface area is 135 Å². The Hall–Kier alpha value is -0.760. The molecular weight excluding hydrogens is 367 g/mol. The number of hydrogen-bond acceptors (Lipinski definition) is 2. The molecule has 1 rings (SSSR count). The molecule has 3 nitrogen and oxygen atoms in total. The summed E-state index contributed by atoms with van der Waals surface area (Å²) in [6.07, 6.45) is -4.19. The van der Waals surface area contributed by atoms with Gasteiger partial charge in [0.25, 0.3) is 0 Å². The van der Waals surface area contributed by atoms with Crippen LogP contribution in [0.5, 0.6) is 0 Å². The summed E-state index contributed by atoms with van der Waals surface area (Å²) in [5.74, 6) is 0.687. The summed E-state index contributed by atoms with van der Waals surface area (Å²) in [6, 6.07) is 4.02. The van der Waals surface area contributed by atoms with Crippen molar-refractivity contribution in [1.82, 2.24) is 10.2 Å². The summed E-state index contributed by atoms with van der Waals surface area (Å²) < 4.78 is 37.1. The number of nitrogens with one attached hydrogen (secondary N) is 1. The molecule has 1 N–H and O–H groups in total. The number of aliphatic imine (C=N–C) groups is 1. The maximum absolute atomic E-state index is 12.0. The molecule has 1 aromatic heterocycles. The number of rotatable bonds is 6. The molecule has 0 spiro atoms. The standard InChI is InChI=1S/C13H19BrF3N3S/c1-18-12(19-8-4-3-7-13(15,16)17)20(2)9-10-5-6-11(14)21-10/h5-6H,3-4,7-9H2,1-2H3,(H,18,19). The molecule has 1 aromatic rings. The summed E-state index contributed by atoms with van der Waals surface area (Å²) in [5.41, 5.74) is 0. The van der Waals surface area contributed by atoms with E-state index in [9.17, 15) is 13.2 Å². The Morgan fingerprint density at radius 1 is 1.38 bits per heavy atom. The van der Waals surface area contributed by atoms with Crippen LogP contribution in [-0.4, -0.2) is 37.7 Å². The van der Waals surface area contributed by atoms with Gasteiger partial charge in [0.2, 0.25) is 0 Å². The molecular formula is C13H19BrF3N3S. The van der Waals surface area contributed by atoms with E-state index < -0.39 is 12.6 Å². The molecule has 0 aliphatic carbocycles. The van der Waals surface area contributed by atoms with Gasteiger partial charge in [-0.2, -0.15) is 13.2 Å². The van der Waals surface area contributed by atoms with Gasteiger partial charge in [0.1, 0.15) is 0 Å². The summed E-state index contributed by atoms with van der Waals surface area (Å²) in [7, 11) is 3.57. The zero-order valence-electron chi connectivity index (χ0n) is 12.0. The fraction of sp³-hybridized carbons (Fsp3) is 0.615. The van der Waals surface area contributed by atoms with Gasteiger partial charge in [-0.25, -0.2) is 0 Å². The van der Waals surface area contributed by atoms with E-state index in [0.29, 0.717) is 25.5 Å². The third kappa shape index (κ3) is 7.71. The molecule has 0 atom stereocenters. The quantitative estimate of drug-likeness (QED) is 0.450. The number of nitrogens with zero attached hydrogens (tertiary/aromatic N) is 2. The highest BCUT2D eigenvalue weighted by Gasteiger charge is 2.25. The zero-order chi connectivity index (χ0) is 15.9. The summed E-state index contributed by atoms with van der Waals surface area (Å²) in [5, 5.41) is 3.08. The first-order valence-corrected chi connectivity index (χ1v) is 8.15. The third-order valence-electron chi connectivity index (χ3n) is 2.77. The van der Waals surface area contributed by atoms with Crippen LogP contribution < -0.4 is 5.32 Å². The lowest BCUT2D eigenvalue weighted by atomic mass is 10.2. The average molecular weight is 386 g/mol. The number of unbranched alkanes of at least 4 members (excludes halogenated alkanes) is 1. The molecule has 0 saturated carbocycles. The smallest absolute Gasteiger partial charge is 0.356 e. The zero-order valence-corrected chi connectivity index (χ0v) is 14.4. The van der Waals surface area contributed by atoms with Crippen molar-refractivity contribution in [2.45, 2.75) is 32.0 Å². The van der Waals surface area contributed by atoms with Crippen LogP contribution in [0.25, 0.3) is 0 Å². The summed E-state index contributed by atoms with van der Waals surface area (Å²) >= 11 is 5.06. The molecule has 120 valence electrons. The highest BCUT2D eigenvalue weighted by atomic mass is 79.9. The van der Waals surface area contributed by atoms with E-state index in [1.165, 1.54) is 4.88 Å². The van der Waals surface area contributed by atoms with Crippen LogP contribution in [0.15, 0.2) is 20.9 Å². The molecule has 0 unspecified atom stereocenters. The first kappa shape index (κ1) is 18.3. The van der Waals surface area contributed by atoms with Crippen molar-refractivity contribution in [3.8, 4) is 0 Å². The largest absolute Gasteiger partial charge is 0.389 e. The first-order valence-electron chi connectivity index (χ1n) is 6.54. The van der Waals surface area contributed by atoms with E-state index in [1.807, 2.05) is 24.1 Å². The Bertz CT molecular complexity index is 460. The second-order valence-electron chi connectivity index (χ2n) is 4.61. The molecule has 21 heavy (non-hydrogen) atoms. The van der Waals surface area contributed by atoms with Crippen molar-refractivity contribution in [3.05, 3.63) is 20.8 Å². The van der Waals surface area contributed by atoms with Gasteiger partial charge >= 0.3 is 6.18 Å². The van der Waals surface area contributed by atoms with Crippen molar-refractivity contribution >= 4 is 33.2 Å². The predicted octanol–water partition coefficient (Wildman–Crippen LogP) is 4.25. The predicted molar refractivity (Wildman–Crippen MR) is 84.8 cm³/mol. The lowest BCUT2D eigenvalue weighted by Gasteiger charge is -2.21. The van der Waals surface area contributed by atoms with Gasteiger partial charge in [-0.1, -0.05) is 0 Å². The Kier molecular flexibility index (Phi) is 7.51. The lowest BCUT2D eigenvalue weighted by molar-refractivity contribution is -0.135. The van der Waals surface area contributed by atoms with Gasteiger partial charge in [0, 0.05) is 31.9 Å². The monoisotopic (exact) mass is 385 g/mol. The number of guanidine groups is 1. The van der Waals surface area contributed by atoms with Crippen molar-refractivity contribution in [2.75, 3.05) is 20.6 Å². The Morgan fingerprint density at radius 3 is 2.62 bits per heavy atom. The van der Waals surface area contributed by atoms with Crippen molar-refractivity contribution in [3.63, 3.8) is 0 Å². The van der Waals surface area contributed by atoms with Crippen LogP contribution >= 0.6 is 27.3 Å². The van der Waals surface area contributed by atoms with Gasteiger partial charge in [0.05, 0.1) is 10.3 Å². The molecule has 0 amide bonds. The molecule has 0 bridgehead atoms. The minimum absolute atomic E-state index is 0.134. The molecule has 1 heterocycles. The molecule has 0 fully saturated rings. The first-order chi connectivity index (χ1) is 9.81. The fourth-order valence-electron chi connectivity index (χ4n) is 1.78. The molecule has 0 radical (unpaired) electrons. The van der Waals surface area contributed by atoms with Crippen LogP contribution in [0, 0.1) is 0 Å². The van der Waals surface area contributed by atoms with Crippen LogP contribution in [0.2, 0.25) is 0 Å². The molecule has 0 saturated heterocycles. The average Bonchev–Trinajstić information content (AvgIpc) is 2.77. The maximum Gasteiger partial charge on any atom is 0.389 e. The Balaban J connectivity index is 2.31. The number of hydrogen-bond donors (Lipinski definition) is 1. The van der Waals surface area contributed by atoms with E-state index in [4.69, 9.17) is 0 Å². The normalized spacial score (nSPS) is 12.6. The van der Waals surface area contributed by atoms with Crippen LogP contribution in [-0.2, 0) is 6.54 Å². The SMILES string of the molecule is CN=C(NCCCCC(F)(F)F)N(C)Cc1ccc(Br)s1. The van der Waals surface area contributed by atoms with E-state index in [-0.39, 0.29) is 6.42 Å². The molecule has 0 aliphatic heterocycles. The molecule has 0 aromatic carbocycles. The summed E-state index contributed by atoms with van der Waals surface area (Å²) in [4.78, 5) is 7.27. The van der Waals surface area contributed by atoms with Gasteiger partial charge in [-0.15, -0.1) is 11.3 Å². The van der Waals surface area contributed by atoms with E-state index >= 15 is 0 Å². The van der Waals surface area contributed by atoms with Crippen LogP contribution in [0.3, 0.4) is 0 Å². The van der Waals surface area contributed by atoms with Crippen molar-refractivity contribution < 1.29 is 13.2 Å². The third-order valence-corrected chi connectivity index (χ3v) is 4.37. The van der Waals surface area contributed by atoms with Crippen molar-refractivity contribution in [1.29, 1.82) is 0 Å². The molecule has 8 heteroatoms. The van der Waals surface area contributed by atoms with Gasteiger partial charge < -0.3 is 10.2 Å². The van der Waals surface area contributed by atoms with E-state index in [1.54, 1.807) is 18.4 Å². The second-order valence-corrected chi connectivity index (χ2v) is 7.16. The highest BCUT2D eigenvalue weighted by Crippen LogP contribution is 2.23. The maximum atomic E-state index is 12.0. The van der Waals surface area contributed by atoms with E-state index in [0.717, 1.165) is 3.79 Å². The Morgan fingerprint density at radius 2 is 2.10 bits per heavy atom. The minimum Gasteiger partial charge on any atom is -0.356 e. The van der Waals surface area contributed by atoms with Crippen molar-refractivity contribution in [2.24, 2.45) is 4.99 Å². The van der Waals surface area contributed by atoms with Gasteiger partial charge in [-0.3, -0.25) is 4.99 Å². The van der Waals surface area contributed by atoms with Crippen LogP contribution in [0.1, 0.15) is 24.1 Å². The minimum atomic E-state index is -4.06. The second kappa shape index (κ2) is 8.63. The topological polar surface area (TPSA) is 27.6 Å². The molecule has 0 aliphatic rings. The fourth-order valence-corrected chi connectivity index (χ4v) is 3.32. The van der Waals surface area contributed by atoms with Gasteiger partial charge in [0.15, 0.2) is 5.96 Å². The van der Waals surface area contributed by atoms with Gasteiger partial charge in [-0.05, 0) is 40.9 Å². The number of halogens is 4. The number of alkyl halides is 3. The lowest BCUT2D eigenvalue weighted by Crippen LogP contribution is -2.38. The van der Waals surface area contributed by atoms with Crippen LogP contribution in [0.4, 0.5) is 13.2 Å².